The van der Waals surface area contributed by atoms with Crippen molar-refractivity contribution in [2.24, 2.45) is 0 Å². The van der Waals surface area contributed by atoms with Gasteiger partial charge in [0.25, 0.3) is 5.91 Å². The van der Waals surface area contributed by atoms with E-state index >= 15 is 0 Å². The second-order valence-corrected chi connectivity index (χ2v) is 5.28. The van der Waals surface area contributed by atoms with E-state index in [4.69, 9.17) is 0 Å². The summed E-state index contributed by atoms with van der Waals surface area (Å²) in [6.45, 7) is 3.73. The zero-order valence-electron chi connectivity index (χ0n) is 11.5. The molecule has 1 aromatic carbocycles. The third-order valence-electron chi connectivity index (χ3n) is 3.95. The molecule has 7 heteroatoms. The van der Waals surface area contributed by atoms with Gasteiger partial charge in [0.05, 0.1) is 17.9 Å². The Morgan fingerprint density at radius 2 is 2.00 bits per heavy atom. The number of amides is 1. The third-order valence-corrected chi connectivity index (χ3v) is 3.95. The van der Waals surface area contributed by atoms with E-state index in [1.165, 1.54) is 0 Å². The molecule has 3 heterocycles. The largest absolute Gasteiger partial charge is 0.382 e. The molecule has 0 saturated heterocycles. The average molecular weight is 284 g/mol. The first-order valence-corrected chi connectivity index (χ1v) is 7.09. The predicted octanol–water partition coefficient (Wildman–Crippen LogP) is 0.771. The van der Waals surface area contributed by atoms with Crippen LogP contribution in [0.3, 0.4) is 0 Å². The Bertz CT molecular complexity index is 695. The van der Waals surface area contributed by atoms with Crippen LogP contribution in [0.4, 0.5) is 11.4 Å². The summed E-state index contributed by atoms with van der Waals surface area (Å²) in [6.07, 6.45) is 1.71. The van der Waals surface area contributed by atoms with E-state index in [2.05, 4.69) is 20.8 Å². The van der Waals surface area contributed by atoms with Crippen LogP contribution in [-0.2, 0) is 13.1 Å². The summed E-state index contributed by atoms with van der Waals surface area (Å²) < 4.78 is 1.99. The molecular formula is C14H16N6O. The molecule has 0 fully saturated rings. The molecule has 2 N–H and O–H groups in total. The van der Waals surface area contributed by atoms with Crippen molar-refractivity contribution >= 4 is 17.3 Å². The molecule has 2 aromatic rings. The van der Waals surface area contributed by atoms with Gasteiger partial charge in [0.1, 0.15) is 6.33 Å². The maximum atomic E-state index is 12.6. The van der Waals surface area contributed by atoms with Gasteiger partial charge in [-0.3, -0.25) is 4.79 Å². The van der Waals surface area contributed by atoms with Gasteiger partial charge in [-0.2, -0.15) is 0 Å². The fraction of sp³-hybridized carbons (Fsp3) is 0.357. The van der Waals surface area contributed by atoms with Crippen molar-refractivity contribution < 1.29 is 4.79 Å². The predicted molar refractivity (Wildman–Crippen MR) is 78.2 cm³/mol. The lowest BCUT2D eigenvalue weighted by molar-refractivity contribution is 0.0707. The van der Waals surface area contributed by atoms with Gasteiger partial charge in [-0.25, -0.2) is 0 Å². The highest BCUT2D eigenvalue weighted by Crippen LogP contribution is 2.26. The van der Waals surface area contributed by atoms with E-state index in [-0.39, 0.29) is 5.91 Å². The summed E-state index contributed by atoms with van der Waals surface area (Å²) in [7, 11) is 0. The quantitative estimate of drug-likeness (QED) is 0.809. The van der Waals surface area contributed by atoms with E-state index in [9.17, 15) is 4.79 Å². The van der Waals surface area contributed by atoms with E-state index in [0.29, 0.717) is 18.7 Å². The van der Waals surface area contributed by atoms with Crippen LogP contribution >= 0.6 is 0 Å². The molecule has 2 aliphatic heterocycles. The fourth-order valence-corrected chi connectivity index (χ4v) is 2.79. The maximum Gasteiger partial charge on any atom is 0.254 e. The maximum absolute atomic E-state index is 12.6. The number of anilines is 2. The highest BCUT2D eigenvalue weighted by Gasteiger charge is 2.23. The van der Waals surface area contributed by atoms with Crippen molar-refractivity contribution in [2.45, 2.75) is 13.1 Å². The summed E-state index contributed by atoms with van der Waals surface area (Å²) in [5.41, 5.74) is 2.75. The van der Waals surface area contributed by atoms with Crippen molar-refractivity contribution in [3.05, 3.63) is 35.9 Å². The first kappa shape index (κ1) is 12.2. The number of benzene rings is 1. The zero-order valence-corrected chi connectivity index (χ0v) is 11.5. The van der Waals surface area contributed by atoms with Gasteiger partial charge in [0.2, 0.25) is 0 Å². The van der Waals surface area contributed by atoms with Crippen LogP contribution in [0.5, 0.6) is 0 Å². The van der Waals surface area contributed by atoms with Gasteiger partial charge in [-0.15, -0.1) is 10.2 Å². The van der Waals surface area contributed by atoms with Crippen LogP contribution in [0.25, 0.3) is 0 Å². The van der Waals surface area contributed by atoms with E-state index in [1.54, 1.807) is 6.33 Å². The molecule has 0 saturated carbocycles. The van der Waals surface area contributed by atoms with Crippen LogP contribution in [0.15, 0.2) is 24.5 Å². The lowest BCUT2D eigenvalue weighted by Gasteiger charge is -2.28. The number of rotatable bonds is 1. The molecule has 1 amide bonds. The van der Waals surface area contributed by atoms with Gasteiger partial charge < -0.3 is 20.1 Å². The minimum Gasteiger partial charge on any atom is -0.382 e. The van der Waals surface area contributed by atoms with Gasteiger partial charge in [0.15, 0.2) is 5.82 Å². The SMILES string of the molecule is O=C(c1ccc2c(c1)NCCN2)N1CCn2cnnc2C1. The third kappa shape index (κ3) is 2.10. The van der Waals surface area contributed by atoms with Crippen molar-refractivity contribution in [3.8, 4) is 0 Å². The Balaban J connectivity index is 1.58. The number of fused-ring (bicyclic) bond motifs is 2. The topological polar surface area (TPSA) is 75.1 Å². The molecule has 2 aliphatic rings. The summed E-state index contributed by atoms with van der Waals surface area (Å²) in [6, 6.07) is 5.75. The molecule has 0 radical (unpaired) electrons. The average Bonchev–Trinajstić information content (AvgIpc) is 3.01. The van der Waals surface area contributed by atoms with Crippen molar-refractivity contribution in [1.82, 2.24) is 19.7 Å². The lowest BCUT2D eigenvalue weighted by Crippen LogP contribution is -2.38. The van der Waals surface area contributed by atoms with E-state index in [1.807, 2.05) is 27.7 Å². The highest BCUT2D eigenvalue weighted by molar-refractivity contribution is 5.96. The number of carbonyl (C=O) groups excluding carboxylic acids is 1. The number of nitrogens with one attached hydrogen (secondary N) is 2. The van der Waals surface area contributed by atoms with Gasteiger partial charge >= 0.3 is 0 Å². The summed E-state index contributed by atoms with van der Waals surface area (Å²) in [5, 5.41) is 14.6. The smallest absolute Gasteiger partial charge is 0.254 e. The van der Waals surface area contributed by atoms with Crippen LogP contribution in [-0.4, -0.2) is 45.2 Å². The normalized spacial score (nSPS) is 16.5. The molecule has 4 rings (SSSR count). The number of carbonyl (C=O) groups is 1. The molecular weight excluding hydrogens is 268 g/mol. The molecule has 1 aromatic heterocycles. The molecule has 0 aliphatic carbocycles. The standard InChI is InChI=1S/C14H16N6O/c21-14(19-5-6-20-9-17-18-13(20)8-19)10-1-2-11-12(7-10)16-4-3-15-11/h1-2,7,9,15-16H,3-6,8H2. The Hall–Kier alpha value is -2.57. The van der Waals surface area contributed by atoms with Gasteiger partial charge in [-0.1, -0.05) is 0 Å². The van der Waals surface area contributed by atoms with Crippen LogP contribution in [0.2, 0.25) is 0 Å². The Labute approximate surface area is 122 Å². The molecule has 7 nitrogen and oxygen atoms in total. The fourth-order valence-electron chi connectivity index (χ4n) is 2.79. The van der Waals surface area contributed by atoms with E-state index in [0.717, 1.165) is 36.8 Å². The number of hydrogen-bond acceptors (Lipinski definition) is 5. The number of nitrogens with zero attached hydrogens (tertiary/aromatic N) is 4. The summed E-state index contributed by atoms with van der Waals surface area (Å²) >= 11 is 0. The molecule has 0 spiro atoms. The Kier molecular flexibility index (Phi) is 2.77. The van der Waals surface area contributed by atoms with Crippen molar-refractivity contribution in [1.29, 1.82) is 0 Å². The molecule has 0 atom stereocenters. The van der Waals surface area contributed by atoms with Crippen LogP contribution < -0.4 is 10.6 Å². The summed E-state index contributed by atoms with van der Waals surface area (Å²) in [5.74, 6) is 0.881. The molecule has 0 bridgehead atoms. The minimum atomic E-state index is 0.0411. The van der Waals surface area contributed by atoms with Crippen LogP contribution in [0, 0.1) is 0 Å². The van der Waals surface area contributed by atoms with E-state index < -0.39 is 0 Å². The zero-order chi connectivity index (χ0) is 14.2. The van der Waals surface area contributed by atoms with Gasteiger partial charge in [0, 0.05) is 31.7 Å². The van der Waals surface area contributed by atoms with Crippen molar-refractivity contribution in [2.75, 3.05) is 30.3 Å². The highest BCUT2D eigenvalue weighted by atomic mass is 16.2. The van der Waals surface area contributed by atoms with Crippen molar-refractivity contribution in [3.63, 3.8) is 0 Å². The molecule has 21 heavy (non-hydrogen) atoms. The lowest BCUT2D eigenvalue weighted by atomic mass is 10.1. The molecule has 0 unspecified atom stereocenters. The van der Waals surface area contributed by atoms with Gasteiger partial charge in [-0.05, 0) is 18.2 Å². The Morgan fingerprint density at radius 1 is 1.14 bits per heavy atom. The minimum absolute atomic E-state index is 0.0411. The Morgan fingerprint density at radius 3 is 2.90 bits per heavy atom. The summed E-state index contributed by atoms with van der Waals surface area (Å²) in [4.78, 5) is 14.5. The second kappa shape index (κ2) is 4.76. The monoisotopic (exact) mass is 284 g/mol. The van der Waals surface area contributed by atoms with Crippen LogP contribution in [0.1, 0.15) is 16.2 Å². The second-order valence-electron chi connectivity index (χ2n) is 5.28. The molecule has 108 valence electrons. The number of hydrogen-bond donors (Lipinski definition) is 2. The first-order valence-electron chi connectivity index (χ1n) is 7.09. The first-order chi connectivity index (χ1) is 10.3. The number of aromatic nitrogens is 3.